The maximum absolute atomic E-state index is 12.1. The molecule has 2 rings (SSSR count). The van der Waals surface area contributed by atoms with E-state index in [1.54, 1.807) is 43.6 Å². The summed E-state index contributed by atoms with van der Waals surface area (Å²) in [6.07, 6.45) is 3.38. The lowest BCUT2D eigenvalue weighted by Crippen LogP contribution is -2.47. The molecule has 27 heavy (non-hydrogen) atoms. The van der Waals surface area contributed by atoms with Crippen LogP contribution in [0.3, 0.4) is 0 Å². The second-order valence-electron chi connectivity index (χ2n) is 6.08. The summed E-state index contributed by atoms with van der Waals surface area (Å²) in [6.45, 7) is 2.63. The van der Waals surface area contributed by atoms with Crippen LogP contribution in [0, 0.1) is 5.41 Å². The normalized spacial score (nSPS) is 11.4. The van der Waals surface area contributed by atoms with Crippen molar-refractivity contribution in [3.63, 3.8) is 0 Å². The molecule has 1 heterocycles. The highest BCUT2D eigenvalue weighted by Gasteiger charge is 2.15. The summed E-state index contributed by atoms with van der Waals surface area (Å²) in [5.41, 5.74) is 7.94. The molecule has 1 atom stereocenters. The number of aromatic nitrogens is 1. The quantitative estimate of drug-likeness (QED) is 0.320. The van der Waals surface area contributed by atoms with Crippen molar-refractivity contribution in [1.29, 1.82) is 5.41 Å². The van der Waals surface area contributed by atoms with Crippen molar-refractivity contribution in [1.82, 2.24) is 20.9 Å². The van der Waals surface area contributed by atoms with Gasteiger partial charge in [0.15, 0.2) is 0 Å². The number of benzene rings is 1. The summed E-state index contributed by atoms with van der Waals surface area (Å²) >= 11 is 0. The molecule has 8 heteroatoms. The minimum atomic E-state index is -0.642. The zero-order chi connectivity index (χ0) is 19.6. The first-order valence-corrected chi connectivity index (χ1v) is 8.55. The molecule has 0 saturated heterocycles. The summed E-state index contributed by atoms with van der Waals surface area (Å²) in [5, 5.41) is 15.8. The first-order chi connectivity index (χ1) is 13.0. The predicted molar refractivity (Wildman–Crippen MR) is 103 cm³/mol. The number of rotatable bonds is 9. The number of nitrogens with zero attached hydrogens (tertiary/aromatic N) is 1. The van der Waals surface area contributed by atoms with Gasteiger partial charge in [0, 0.05) is 31.0 Å². The Labute approximate surface area is 158 Å². The molecule has 0 radical (unpaired) electrons. The highest BCUT2D eigenvalue weighted by molar-refractivity contribution is 5.94. The van der Waals surface area contributed by atoms with Crippen molar-refractivity contribution >= 4 is 17.6 Å². The molecule has 8 nitrogen and oxygen atoms in total. The minimum absolute atomic E-state index is 0.000499. The van der Waals surface area contributed by atoms with Gasteiger partial charge in [-0.15, -0.1) is 0 Å². The van der Waals surface area contributed by atoms with Gasteiger partial charge in [-0.25, -0.2) is 0 Å². The van der Waals surface area contributed by atoms with E-state index < -0.39 is 6.04 Å². The van der Waals surface area contributed by atoms with E-state index in [0.717, 1.165) is 11.1 Å². The number of amidine groups is 1. The molecule has 6 N–H and O–H groups in total. The van der Waals surface area contributed by atoms with Crippen LogP contribution < -0.4 is 21.7 Å². The van der Waals surface area contributed by atoms with Crippen LogP contribution in [0.1, 0.15) is 23.6 Å². The van der Waals surface area contributed by atoms with E-state index in [9.17, 15) is 9.59 Å². The van der Waals surface area contributed by atoms with E-state index in [0.29, 0.717) is 18.7 Å². The highest BCUT2D eigenvalue weighted by atomic mass is 16.2. The molecule has 0 bridgehead atoms. The Morgan fingerprint density at radius 1 is 1.07 bits per heavy atom. The van der Waals surface area contributed by atoms with E-state index in [1.165, 1.54) is 0 Å². The van der Waals surface area contributed by atoms with Crippen LogP contribution in [0.4, 0.5) is 0 Å². The Kier molecular flexibility index (Phi) is 7.45. The fourth-order valence-electron chi connectivity index (χ4n) is 2.32. The lowest BCUT2D eigenvalue weighted by molar-refractivity contribution is -0.128. The number of nitrogens with one attached hydrogen (secondary N) is 4. The fraction of sp³-hybridized carbons (Fsp3) is 0.263. The number of hydrogen-bond acceptors (Lipinski definition) is 5. The molecule has 0 fully saturated rings. The standard InChI is InChI=1S/C19H24N6O2/c1-13(25-17(26)12-23-10-15-6-8-22-9-7-15)19(27)24-11-14-2-4-16(5-3-14)18(20)21/h2-9,13,23H,10-12H2,1H3,(H3,20,21)(H,24,27)(H,25,26). The molecule has 2 aromatic rings. The molecular weight excluding hydrogens is 344 g/mol. The van der Waals surface area contributed by atoms with Crippen LogP contribution in [0.2, 0.25) is 0 Å². The molecular formula is C19H24N6O2. The third-order valence-electron chi connectivity index (χ3n) is 3.87. The lowest BCUT2D eigenvalue weighted by atomic mass is 10.1. The number of amides is 2. The molecule has 0 aliphatic rings. The number of nitrogen functional groups attached to an aromatic ring is 1. The van der Waals surface area contributed by atoms with Crippen molar-refractivity contribution in [3.8, 4) is 0 Å². The molecule has 1 unspecified atom stereocenters. The van der Waals surface area contributed by atoms with Gasteiger partial charge in [-0.3, -0.25) is 20.0 Å². The monoisotopic (exact) mass is 368 g/mol. The maximum Gasteiger partial charge on any atom is 0.242 e. The maximum atomic E-state index is 12.1. The number of nitrogens with two attached hydrogens (primary N) is 1. The molecule has 2 amide bonds. The number of hydrogen-bond donors (Lipinski definition) is 5. The van der Waals surface area contributed by atoms with Crippen molar-refractivity contribution in [2.75, 3.05) is 6.54 Å². The van der Waals surface area contributed by atoms with Gasteiger partial charge < -0.3 is 21.7 Å². The first kappa shape index (κ1) is 20.1. The molecule has 0 saturated carbocycles. The van der Waals surface area contributed by atoms with E-state index in [1.807, 2.05) is 12.1 Å². The summed E-state index contributed by atoms with van der Waals surface area (Å²) in [7, 11) is 0. The van der Waals surface area contributed by atoms with Crippen LogP contribution in [-0.2, 0) is 22.7 Å². The van der Waals surface area contributed by atoms with Gasteiger partial charge in [0.05, 0.1) is 6.54 Å². The lowest BCUT2D eigenvalue weighted by Gasteiger charge is -2.14. The van der Waals surface area contributed by atoms with Gasteiger partial charge in [0.25, 0.3) is 0 Å². The van der Waals surface area contributed by atoms with Gasteiger partial charge in [0.1, 0.15) is 11.9 Å². The Morgan fingerprint density at radius 2 is 1.70 bits per heavy atom. The Bertz CT molecular complexity index is 777. The third kappa shape index (κ3) is 6.87. The van der Waals surface area contributed by atoms with E-state index in [4.69, 9.17) is 11.1 Å². The van der Waals surface area contributed by atoms with Crippen LogP contribution in [0.5, 0.6) is 0 Å². The zero-order valence-corrected chi connectivity index (χ0v) is 15.2. The van der Waals surface area contributed by atoms with Gasteiger partial charge in [0.2, 0.25) is 11.8 Å². The molecule has 1 aromatic heterocycles. The summed E-state index contributed by atoms with van der Waals surface area (Å²) in [6, 6.07) is 10.1. The van der Waals surface area contributed by atoms with Gasteiger partial charge in [-0.1, -0.05) is 24.3 Å². The molecule has 0 aliphatic carbocycles. The zero-order valence-electron chi connectivity index (χ0n) is 15.2. The second-order valence-corrected chi connectivity index (χ2v) is 6.08. The number of carbonyl (C=O) groups is 2. The fourth-order valence-corrected chi connectivity index (χ4v) is 2.32. The van der Waals surface area contributed by atoms with Gasteiger partial charge >= 0.3 is 0 Å². The van der Waals surface area contributed by atoms with Crippen LogP contribution in [0.15, 0.2) is 48.8 Å². The van der Waals surface area contributed by atoms with Crippen molar-refractivity contribution in [2.24, 2.45) is 5.73 Å². The third-order valence-corrected chi connectivity index (χ3v) is 3.87. The largest absolute Gasteiger partial charge is 0.384 e. The van der Waals surface area contributed by atoms with Gasteiger partial charge in [-0.05, 0) is 30.2 Å². The highest BCUT2D eigenvalue weighted by Crippen LogP contribution is 2.03. The molecule has 0 spiro atoms. The van der Waals surface area contributed by atoms with E-state index >= 15 is 0 Å². The Balaban J connectivity index is 1.69. The minimum Gasteiger partial charge on any atom is -0.384 e. The molecule has 0 aliphatic heterocycles. The second kappa shape index (κ2) is 10.0. The average molecular weight is 368 g/mol. The topological polar surface area (TPSA) is 133 Å². The Morgan fingerprint density at radius 3 is 2.33 bits per heavy atom. The molecule has 142 valence electrons. The number of carbonyl (C=O) groups excluding carboxylic acids is 2. The summed E-state index contributed by atoms with van der Waals surface area (Å²) in [5.74, 6) is -0.523. The van der Waals surface area contributed by atoms with Crippen molar-refractivity contribution < 1.29 is 9.59 Å². The van der Waals surface area contributed by atoms with Crippen LogP contribution >= 0.6 is 0 Å². The van der Waals surface area contributed by atoms with Gasteiger partial charge in [-0.2, -0.15) is 0 Å². The first-order valence-electron chi connectivity index (χ1n) is 8.55. The van der Waals surface area contributed by atoms with Crippen molar-refractivity contribution in [2.45, 2.75) is 26.1 Å². The molecule has 1 aromatic carbocycles. The van der Waals surface area contributed by atoms with Crippen molar-refractivity contribution in [3.05, 3.63) is 65.5 Å². The van der Waals surface area contributed by atoms with Crippen LogP contribution in [0.25, 0.3) is 0 Å². The van der Waals surface area contributed by atoms with E-state index in [2.05, 4.69) is 20.9 Å². The smallest absolute Gasteiger partial charge is 0.242 e. The predicted octanol–water partition coefficient (Wildman–Crippen LogP) is 0.276. The summed E-state index contributed by atoms with van der Waals surface area (Å²) < 4.78 is 0. The van der Waals surface area contributed by atoms with E-state index in [-0.39, 0.29) is 24.2 Å². The SMILES string of the molecule is CC(NC(=O)CNCc1ccncc1)C(=O)NCc1ccc(C(=N)N)cc1. The average Bonchev–Trinajstić information content (AvgIpc) is 2.67. The number of pyridine rings is 1. The van der Waals surface area contributed by atoms with Crippen LogP contribution in [-0.4, -0.2) is 35.2 Å². The summed E-state index contributed by atoms with van der Waals surface area (Å²) in [4.78, 5) is 28.0. The Hall–Kier alpha value is -3.26.